The number of fused-ring (bicyclic) bond motifs is 1. The summed E-state index contributed by atoms with van der Waals surface area (Å²) in [6.45, 7) is 4.53. The van der Waals surface area contributed by atoms with Gasteiger partial charge in [-0.05, 0) is 41.0 Å². The number of allylic oxidation sites excluding steroid dienone is 2. The van der Waals surface area contributed by atoms with E-state index in [1.807, 2.05) is 6.07 Å². The minimum atomic E-state index is 0.183. The Balaban J connectivity index is 2.68. The van der Waals surface area contributed by atoms with Crippen LogP contribution in [0.2, 0.25) is 0 Å². The van der Waals surface area contributed by atoms with Crippen LogP contribution >= 0.6 is 15.9 Å². The first kappa shape index (κ1) is 11.4. The van der Waals surface area contributed by atoms with Crippen molar-refractivity contribution in [2.24, 2.45) is 0 Å². The third kappa shape index (κ3) is 1.81. The molecule has 0 fully saturated rings. The van der Waals surface area contributed by atoms with E-state index in [4.69, 9.17) is 5.26 Å². The fraction of sp³-hybridized carbons (Fsp3) is 0.357. The molecular formula is C14H14BrN. The lowest BCUT2D eigenvalue weighted by atomic mass is 9.71. The Morgan fingerprint density at radius 1 is 1.44 bits per heavy atom. The highest BCUT2D eigenvalue weighted by molar-refractivity contribution is 9.10. The van der Waals surface area contributed by atoms with Gasteiger partial charge in [0.15, 0.2) is 0 Å². The Kier molecular flexibility index (Phi) is 2.90. The topological polar surface area (TPSA) is 23.8 Å². The van der Waals surface area contributed by atoms with Crippen LogP contribution in [-0.4, -0.2) is 0 Å². The van der Waals surface area contributed by atoms with E-state index in [2.05, 4.69) is 48.0 Å². The van der Waals surface area contributed by atoms with Gasteiger partial charge in [0.25, 0.3) is 0 Å². The predicted octanol–water partition coefficient (Wildman–Crippen LogP) is 4.43. The zero-order valence-electron chi connectivity index (χ0n) is 9.55. The van der Waals surface area contributed by atoms with Gasteiger partial charge in [-0.25, -0.2) is 0 Å². The van der Waals surface area contributed by atoms with Gasteiger partial charge in [-0.3, -0.25) is 0 Å². The molecule has 0 radical (unpaired) electrons. The van der Waals surface area contributed by atoms with Gasteiger partial charge in [0, 0.05) is 10.5 Å². The minimum Gasteiger partial charge on any atom is -0.193 e. The standard InChI is InChI=1S/C14H14BrN/c1-14(2)8-6-10(7-9-16)11-4-3-5-12(15)13(11)14/h3-5,7H,6,8H2,1-2H3/b10-7+. The van der Waals surface area contributed by atoms with Crippen LogP contribution in [0.15, 0.2) is 28.7 Å². The maximum absolute atomic E-state index is 8.81. The molecule has 0 N–H and O–H groups in total. The SMILES string of the molecule is CC1(C)CC/C(=C\C#N)c2cccc(Br)c21. The van der Waals surface area contributed by atoms with Crippen LogP contribution in [-0.2, 0) is 5.41 Å². The molecule has 1 nitrogen and oxygen atoms in total. The summed E-state index contributed by atoms with van der Waals surface area (Å²) in [5.74, 6) is 0. The summed E-state index contributed by atoms with van der Waals surface area (Å²) in [5, 5.41) is 8.81. The number of halogens is 1. The predicted molar refractivity (Wildman–Crippen MR) is 70.0 cm³/mol. The van der Waals surface area contributed by atoms with Crippen LogP contribution in [0, 0.1) is 11.3 Å². The highest BCUT2D eigenvalue weighted by Crippen LogP contribution is 2.45. The van der Waals surface area contributed by atoms with E-state index in [1.54, 1.807) is 6.08 Å². The van der Waals surface area contributed by atoms with Crippen LogP contribution in [0.3, 0.4) is 0 Å². The van der Waals surface area contributed by atoms with Gasteiger partial charge in [0.2, 0.25) is 0 Å². The molecule has 2 rings (SSSR count). The molecule has 0 saturated heterocycles. The lowest BCUT2D eigenvalue weighted by molar-refractivity contribution is 0.472. The average molecular weight is 276 g/mol. The number of rotatable bonds is 0. The Hall–Kier alpha value is -1.07. The van der Waals surface area contributed by atoms with E-state index in [-0.39, 0.29) is 5.41 Å². The van der Waals surface area contributed by atoms with Gasteiger partial charge >= 0.3 is 0 Å². The van der Waals surface area contributed by atoms with Gasteiger partial charge in [0.05, 0.1) is 6.07 Å². The third-order valence-electron chi connectivity index (χ3n) is 3.29. The van der Waals surface area contributed by atoms with Crippen molar-refractivity contribution in [1.82, 2.24) is 0 Å². The second kappa shape index (κ2) is 4.07. The molecule has 0 bridgehead atoms. The molecule has 1 aliphatic rings. The number of nitrogens with zero attached hydrogens (tertiary/aromatic N) is 1. The van der Waals surface area contributed by atoms with Crippen molar-refractivity contribution in [2.75, 3.05) is 0 Å². The third-order valence-corrected chi connectivity index (χ3v) is 3.96. The van der Waals surface area contributed by atoms with Crippen molar-refractivity contribution in [3.63, 3.8) is 0 Å². The summed E-state index contributed by atoms with van der Waals surface area (Å²) >= 11 is 3.63. The monoisotopic (exact) mass is 275 g/mol. The molecule has 1 aromatic carbocycles. The fourth-order valence-corrected chi connectivity index (χ4v) is 3.32. The molecule has 1 aromatic rings. The van der Waals surface area contributed by atoms with Crippen LogP contribution in [0.25, 0.3) is 5.57 Å². The molecule has 0 atom stereocenters. The van der Waals surface area contributed by atoms with E-state index < -0.39 is 0 Å². The highest BCUT2D eigenvalue weighted by atomic mass is 79.9. The smallest absolute Gasteiger partial charge is 0.0915 e. The van der Waals surface area contributed by atoms with E-state index in [1.165, 1.54) is 11.1 Å². The summed E-state index contributed by atoms with van der Waals surface area (Å²) < 4.78 is 1.15. The van der Waals surface area contributed by atoms with Crippen molar-refractivity contribution < 1.29 is 0 Å². The minimum absolute atomic E-state index is 0.183. The van der Waals surface area contributed by atoms with Crippen molar-refractivity contribution in [3.8, 4) is 6.07 Å². The van der Waals surface area contributed by atoms with Crippen LogP contribution < -0.4 is 0 Å². The molecule has 0 amide bonds. The number of hydrogen-bond donors (Lipinski definition) is 0. The van der Waals surface area contributed by atoms with Crippen molar-refractivity contribution in [2.45, 2.75) is 32.1 Å². The molecule has 82 valence electrons. The van der Waals surface area contributed by atoms with E-state index in [9.17, 15) is 0 Å². The summed E-state index contributed by atoms with van der Waals surface area (Å²) in [7, 11) is 0. The van der Waals surface area contributed by atoms with Gasteiger partial charge in [0.1, 0.15) is 0 Å². The van der Waals surface area contributed by atoms with E-state index >= 15 is 0 Å². The Morgan fingerprint density at radius 2 is 2.19 bits per heavy atom. The van der Waals surface area contributed by atoms with Gasteiger partial charge in [-0.2, -0.15) is 5.26 Å². The fourth-order valence-electron chi connectivity index (χ4n) is 2.41. The van der Waals surface area contributed by atoms with Crippen LogP contribution in [0.1, 0.15) is 37.8 Å². The number of hydrogen-bond acceptors (Lipinski definition) is 1. The molecule has 16 heavy (non-hydrogen) atoms. The number of nitriles is 1. The first-order valence-corrected chi connectivity index (χ1v) is 6.23. The molecule has 2 heteroatoms. The normalized spacial score (nSPS) is 20.2. The molecule has 0 saturated carbocycles. The van der Waals surface area contributed by atoms with Crippen LogP contribution in [0.5, 0.6) is 0 Å². The summed E-state index contributed by atoms with van der Waals surface area (Å²) in [5.41, 5.74) is 3.91. The molecule has 0 aliphatic heterocycles. The van der Waals surface area contributed by atoms with E-state index in [0.717, 1.165) is 22.9 Å². The second-order valence-electron chi connectivity index (χ2n) is 4.84. The Morgan fingerprint density at radius 3 is 2.88 bits per heavy atom. The van der Waals surface area contributed by atoms with Gasteiger partial charge in [-0.1, -0.05) is 41.9 Å². The lowest BCUT2D eigenvalue weighted by Crippen LogP contribution is -2.23. The van der Waals surface area contributed by atoms with Gasteiger partial charge < -0.3 is 0 Å². The summed E-state index contributed by atoms with van der Waals surface area (Å²) in [4.78, 5) is 0. The molecule has 0 spiro atoms. The summed E-state index contributed by atoms with van der Waals surface area (Å²) in [6, 6.07) is 8.38. The Bertz CT molecular complexity index is 492. The first-order chi connectivity index (χ1) is 7.56. The second-order valence-corrected chi connectivity index (χ2v) is 5.70. The Labute approximate surface area is 105 Å². The zero-order valence-corrected chi connectivity index (χ0v) is 11.1. The largest absolute Gasteiger partial charge is 0.193 e. The molecule has 0 unspecified atom stereocenters. The maximum atomic E-state index is 8.81. The molecule has 1 aliphatic carbocycles. The summed E-state index contributed by atoms with van der Waals surface area (Å²) in [6.07, 6.45) is 3.76. The van der Waals surface area contributed by atoms with Crippen molar-refractivity contribution in [1.29, 1.82) is 5.26 Å². The number of benzene rings is 1. The molecular weight excluding hydrogens is 262 g/mol. The average Bonchev–Trinajstić information content (AvgIpc) is 2.22. The van der Waals surface area contributed by atoms with Gasteiger partial charge in [-0.15, -0.1) is 0 Å². The lowest BCUT2D eigenvalue weighted by Gasteiger charge is -2.34. The quantitative estimate of drug-likeness (QED) is 0.643. The van der Waals surface area contributed by atoms with E-state index in [0.29, 0.717) is 0 Å². The van der Waals surface area contributed by atoms with Crippen LogP contribution in [0.4, 0.5) is 0 Å². The van der Waals surface area contributed by atoms with Crippen molar-refractivity contribution in [3.05, 3.63) is 39.9 Å². The molecule has 0 aromatic heterocycles. The highest BCUT2D eigenvalue weighted by Gasteiger charge is 2.31. The van der Waals surface area contributed by atoms with Crippen molar-refractivity contribution >= 4 is 21.5 Å². The first-order valence-electron chi connectivity index (χ1n) is 5.44. The maximum Gasteiger partial charge on any atom is 0.0915 e. The molecule has 0 heterocycles. The zero-order chi connectivity index (χ0) is 11.8.